The Labute approximate surface area is 168 Å². The number of carbonyl (C=O) groups is 1. The van der Waals surface area contributed by atoms with Crippen LogP contribution in [-0.4, -0.2) is 44.7 Å². The zero-order chi connectivity index (χ0) is 20.5. The van der Waals surface area contributed by atoms with Gasteiger partial charge in [0.2, 0.25) is 5.91 Å². The maximum atomic E-state index is 11.1. The van der Waals surface area contributed by atoms with Crippen molar-refractivity contribution in [3.05, 3.63) is 58.7 Å². The first-order chi connectivity index (χ1) is 13.4. The molecule has 0 aliphatic heterocycles. The van der Waals surface area contributed by atoms with E-state index >= 15 is 0 Å². The molecule has 0 aliphatic rings. The van der Waals surface area contributed by atoms with Gasteiger partial charge >= 0.3 is 0 Å². The summed E-state index contributed by atoms with van der Waals surface area (Å²) in [7, 11) is 3.70. The molecule has 0 bridgehead atoms. The highest BCUT2D eigenvalue weighted by Crippen LogP contribution is 2.28. The van der Waals surface area contributed by atoms with Crippen LogP contribution in [0.5, 0.6) is 11.5 Å². The van der Waals surface area contributed by atoms with Crippen molar-refractivity contribution in [1.82, 2.24) is 4.90 Å². The van der Waals surface area contributed by atoms with Gasteiger partial charge in [0.1, 0.15) is 6.61 Å². The van der Waals surface area contributed by atoms with Crippen LogP contribution >= 0.6 is 0 Å². The number of primary amides is 1. The number of hydrogen-bond donors (Lipinski definition) is 1. The van der Waals surface area contributed by atoms with Gasteiger partial charge in [0.15, 0.2) is 11.5 Å². The average molecular weight is 385 g/mol. The molecular formula is C23H32N2O3. The van der Waals surface area contributed by atoms with Crippen LogP contribution in [0.15, 0.2) is 36.4 Å². The lowest BCUT2D eigenvalue weighted by molar-refractivity contribution is -0.117. The third-order valence-corrected chi connectivity index (χ3v) is 4.91. The minimum Gasteiger partial charge on any atom is -0.493 e. The summed E-state index contributed by atoms with van der Waals surface area (Å²) < 4.78 is 11.2. The number of ether oxygens (including phenoxy) is 2. The molecule has 0 saturated heterocycles. The standard InChI is InChI=1S/C23H32N2O3/c1-17-7-8-19(14-18(17)2)6-5-11-25(3)12-13-28-21-10-9-20(16-23(24)26)15-22(21)27-4/h7-10,14-15H,5-6,11-13,16H2,1-4H3,(H2,24,26). The van der Waals surface area contributed by atoms with E-state index < -0.39 is 0 Å². The van der Waals surface area contributed by atoms with Crippen LogP contribution < -0.4 is 15.2 Å². The van der Waals surface area contributed by atoms with Crippen molar-refractivity contribution < 1.29 is 14.3 Å². The molecule has 2 aromatic rings. The summed E-state index contributed by atoms with van der Waals surface area (Å²) in [5.41, 5.74) is 10.2. The van der Waals surface area contributed by atoms with Crippen molar-refractivity contribution in [2.24, 2.45) is 5.73 Å². The van der Waals surface area contributed by atoms with Crippen molar-refractivity contribution in [3.8, 4) is 11.5 Å². The summed E-state index contributed by atoms with van der Waals surface area (Å²) in [6.45, 7) is 6.74. The van der Waals surface area contributed by atoms with E-state index in [0.29, 0.717) is 18.1 Å². The number of nitrogens with zero attached hydrogens (tertiary/aromatic N) is 1. The minimum atomic E-state index is -0.363. The summed E-state index contributed by atoms with van der Waals surface area (Å²) >= 11 is 0. The molecule has 0 fully saturated rings. The summed E-state index contributed by atoms with van der Waals surface area (Å²) in [5, 5.41) is 0. The van der Waals surface area contributed by atoms with Crippen LogP contribution in [0.3, 0.4) is 0 Å². The molecule has 0 atom stereocenters. The molecule has 28 heavy (non-hydrogen) atoms. The van der Waals surface area contributed by atoms with Gasteiger partial charge in [-0.3, -0.25) is 4.79 Å². The molecule has 0 heterocycles. The van der Waals surface area contributed by atoms with Crippen LogP contribution in [0.4, 0.5) is 0 Å². The fourth-order valence-corrected chi connectivity index (χ4v) is 3.08. The molecule has 0 spiro atoms. The molecule has 0 unspecified atom stereocenters. The van der Waals surface area contributed by atoms with Crippen LogP contribution in [0.1, 0.15) is 28.7 Å². The van der Waals surface area contributed by atoms with Gasteiger partial charge < -0.3 is 20.1 Å². The number of aryl methyl sites for hydroxylation is 3. The number of likely N-dealkylation sites (N-methyl/N-ethyl adjacent to an activating group) is 1. The quantitative estimate of drug-likeness (QED) is 0.646. The highest BCUT2D eigenvalue weighted by molar-refractivity contribution is 5.76. The topological polar surface area (TPSA) is 64.8 Å². The van der Waals surface area contributed by atoms with Gasteiger partial charge in [-0.05, 0) is 74.7 Å². The first-order valence-corrected chi connectivity index (χ1v) is 9.71. The Bertz CT molecular complexity index is 789. The molecule has 0 radical (unpaired) electrons. The van der Waals surface area contributed by atoms with Gasteiger partial charge in [0.25, 0.3) is 0 Å². The Hall–Kier alpha value is -2.53. The van der Waals surface area contributed by atoms with E-state index in [1.54, 1.807) is 13.2 Å². The first-order valence-electron chi connectivity index (χ1n) is 9.71. The van der Waals surface area contributed by atoms with Crippen molar-refractivity contribution in [2.75, 3.05) is 33.9 Å². The fraction of sp³-hybridized carbons (Fsp3) is 0.435. The molecule has 2 aromatic carbocycles. The maximum absolute atomic E-state index is 11.1. The van der Waals surface area contributed by atoms with E-state index in [0.717, 1.165) is 31.5 Å². The van der Waals surface area contributed by atoms with Gasteiger partial charge in [0.05, 0.1) is 13.5 Å². The number of nitrogens with two attached hydrogens (primary N) is 1. The van der Waals surface area contributed by atoms with Crippen LogP contribution in [0, 0.1) is 13.8 Å². The number of benzene rings is 2. The molecule has 2 rings (SSSR count). The molecule has 5 nitrogen and oxygen atoms in total. The van der Waals surface area contributed by atoms with E-state index in [-0.39, 0.29) is 12.3 Å². The second kappa shape index (κ2) is 10.7. The van der Waals surface area contributed by atoms with Crippen molar-refractivity contribution in [3.63, 3.8) is 0 Å². The van der Waals surface area contributed by atoms with Crippen LogP contribution in [0.2, 0.25) is 0 Å². The maximum Gasteiger partial charge on any atom is 0.221 e. The molecule has 152 valence electrons. The van der Waals surface area contributed by atoms with Crippen molar-refractivity contribution in [1.29, 1.82) is 0 Å². The van der Waals surface area contributed by atoms with Crippen LogP contribution in [0.25, 0.3) is 0 Å². The third-order valence-electron chi connectivity index (χ3n) is 4.91. The van der Waals surface area contributed by atoms with Crippen molar-refractivity contribution >= 4 is 5.91 Å². The van der Waals surface area contributed by atoms with Gasteiger partial charge in [-0.25, -0.2) is 0 Å². The van der Waals surface area contributed by atoms with E-state index in [1.807, 2.05) is 12.1 Å². The Morgan fingerprint density at radius 2 is 1.75 bits per heavy atom. The summed E-state index contributed by atoms with van der Waals surface area (Å²) in [6.07, 6.45) is 2.39. The summed E-state index contributed by atoms with van der Waals surface area (Å²) in [6, 6.07) is 12.2. The Kier molecular flexibility index (Phi) is 8.33. The molecule has 0 saturated carbocycles. The Morgan fingerprint density at radius 1 is 1.00 bits per heavy atom. The third kappa shape index (κ3) is 6.89. The second-order valence-electron chi connectivity index (χ2n) is 7.30. The zero-order valence-electron chi connectivity index (χ0n) is 17.5. The fourth-order valence-electron chi connectivity index (χ4n) is 3.08. The first kappa shape index (κ1) is 21.8. The number of methoxy groups -OCH3 is 1. The lowest BCUT2D eigenvalue weighted by Gasteiger charge is -2.18. The Balaban J connectivity index is 1.74. The average Bonchev–Trinajstić information content (AvgIpc) is 2.65. The lowest BCUT2D eigenvalue weighted by atomic mass is 10.0. The van der Waals surface area contributed by atoms with Crippen LogP contribution in [-0.2, 0) is 17.6 Å². The second-order valence-corrected chi connectivity index (χ2v) is 7.30. The van der Waals surface area contributed by atoms with Gasteiger partial charge in [0, 0.05) is 6.54 Å². The molecule has 5 heteroatoms. The number of carbonyl (C=O) groups excluding carboxylic acids is 1. The minimum absolute atomic E-state index is 0.194. The van der Waals surface area contributed by atoms with E-state index in [4.69, 9.17) is 15.2 Å². The van der Waals surface area contributed by atoms with Gasteiger partial charge in [-0.15, -0.1) is 0 Å². The molecule has 2 N–H and O–H groups in total. The predicted octanol–water partition coefficient (Wildman–Crippen LogP) is 3.28. The summed E-state index contributed by atoms with van der Waals surface area (Å²) in [4.78, 5) is 13.3. The Morgan fingerprint density at radius 3 is 2.43 bits per heavy atom. The summed E-state index contributed by atoms with van der Waals surface area (Å²) in [5.74, 6) is 0.938. The molecule has 1 amide bonds. The largest absolute Gasteiger partial charge is 0.493 e. The normalized spacial score (nSPS) is 10.9. The molecule has 0 aromatic heterocycles. The predicted molar refractivity (Wildman–Crippen MR) is 113 cm³/mol. The highest BCUT2D eigenvalue weighted by Gasteiger charge is 2.08. The SMILES string of the molecule is COc1cc(CC(N)=O)ccc1OCCN(C)CCCc1ccc(C)c(C)c1. The van der Waals surface area contributed by atoms with Gasteiger partial charge in [-0.2, -0.15) is 0 Å². The molecule has 0 aliphatic carbocycles. The van der Waals surface area contributed by atoms with E-state index in [2.05, 4.69) is 44.0 Å². The highest BCUT2D eigenvalue weighted by atomic mass is 16.5. The zero-order valence-corrected chi connectivity index (χ0v) is 17.5. The smallest absolute Gasteiger partial charge is 0.221 e. The monoisotopic (exact) mass is 384 g/mol. The lowest BCUT2D eigenvalue weighted by Crippen LogP contribution is -2.25. The number of amides is 1. The number of hydrogen-bond acceptors (Lipinski definition) is 4. The molecular weight excluding hydrogens is 352 g/mol. The number of rotatable bonds is 11. The van der Waals surface area contributed by atoms with Crippen molar-refractivity contribution in [2.45, 2.75) is 33.1 Å². The van der Waals surface area contributed by atoms with Gasteiger partial charge in [-0.1, -0.05) is 24.3 Å². The van der Waals surface area contributed by atoms with E-state index in [9.17, 15) is 4.79 Å². The van der Waals surface area contributed by atoms with E-state index in [1.165, 1.54) is 16.7 Å².